The first-order chi connectivity index (χ1) is 16.0. The Morgan fingerprint density at radius 1 is 0.818 bits per heavy atom. The van der Waals surface area contributed by atoms with Gasteiger partial charge in [-0.2, -0.15) is 0 Å². The minimum absolute atomic E-state index is 0.0856. The molecule has 0 saturated carbocycles. The number of nitrogens with zero attached hydrogens (tertiary/aromatic N) is 1. The van der Waals surface area contributed by atoms with E-state index in [1.54, 1.807) is 53.4 Å². The summed E-state index contributed by atoms with van der Waals surface area (Å²) in [7, 11) is 0. The van der Waals surface area contributed by atoms with Gasteiger partial charge in [0.1, 0.15) is 17.3 Å². The van der Waals surface area contributed by atoms with Gasteiger partial charge in [0.2, 0.25) is 0 Å². The number of halogens is 2. The van der Waals surface area contributed by atoms with Crippen molar-refractivity contribution in [1.29, 1.82) is 0 Å². The molecular weight excluding hydrogens is 457 g/mol. The molecule has 0 radical (unpaired) electrons. The molecule has 3 aromatic carbocycles. The van der Waals surface area contributed by atoms with Crippen LogP contribution in [0, 0.1) is 0 Å². The Kier molecular flexibility index (Phi) is 5.55. The van der Waals surface area contributed by atoms with E-state index in [4.69, 9.17) is 27.6 Å². The van der Waals surface area contributed by atoms with Crippen LogP contribution in [0.5, 0.6) is 5.75 Å². The number of furan rings is 1. The van der Waals surface area contributed by atoms with Crippen LogP contribution in [-0.2, 0) is 4.79 Å². The molecule has 162 valence electrons. The molecule has 1 aromatic heterocycles. The Morgan fingerprint density at radius 3 is 2.39 bits per heavy atom. The third kappa shape index (κ3) is 4.19. The molecule has 1 amide bonds. The number of carbonyl (C=O) groups is 1. The van der Waals surface area contributed by atoms with Crippen LogP contribution >= 0.6 is 23.2 Å². The Balaban J connectivity index is 1.54. The Morgan fingerprint density at radius 2 is 1.64 bits per heavy atom. The van der Waals surface area contributed by atoms with Gasteiger partial charge in [0.25, 0.3) is 5.91 Å². The van der Waals surface area contributed by atoms with E-state index in [0.717, 1.165) is 11.1 Å². The molecule has 0 bridgehead atoms. The van der Waals surface area contributed by atoms with Gasteiger partial charge in [-0.3, -0.25) is 9.69 Å². The zero-order valence-corrected chi connectivity index (χ0v) is 18.7. The van der Waals surface area contributed by atoms with Gasteiger partial charge >= 0.3 is 0 Å². The van der Waals surface area contributed by atoms with Gasteiger partial charge in [-0.25, -0.2) is 0 Å². The average molecular weight is 474 g/mol. The topological polar surface area (TPSA) is 53.7 Å². The molecule has 4 aromatic rings. The quantitative estimate of drug-likeness (QED) is 0.313. The Hall–Kier alpha value is -3.73. The highest BCUT2D eigenvalue weighted by Gasteiger charge is 2.30. The first kappa shape index (κ1) is 21.1. The summed E-state index contributed by atoms with van der Waals surface area (Å²) in [4.78, 5) is 15.0. The molecule has 33 heavy (non-hydrogen) atoms. The predicted molar refractivity (Wildman–Crippen MR) is 132 cm³/mol. The summed E-state index contributed by atoms with van der Waals surface area (Å²) in [5.41, 5.74) is 3.43. The summed E-state index contributed by atoms with van der Waals surface area (Å²) in [6.45, 7) is 0. The standard InChI is InChI=1S/C27H17Cl2NO3/c28-23-11-9-18(14-24(23)29)26-12-10-22(33-26)13-19-15-25(17-5-2-1-3-6-17)30(27(19)32)20-7-4-8-21(31)16-20/h1-16,31H/b19-13-. The van der Waals surface area contributed by atoms with Crippen LogP contribution < -0.4 is 4.90 Å². The lowest BCUT2D eigenvalue weighted by molar-refractivity contribution is -0.113. The van der Waals surface area contributed by atoms with Crippen LogP contribution in [0.3, 0.4) is 0 Å². The molecule has 0 unspecified atom stereocenters. The molecular formula is C27H17Cl2NO3. The summed E-state index contributed by atoms with van der Waals surface area (Å²) in [6.07, 6.45) is 3.53. The summed E-state index contributed by atoms with van der Waals surface area (Å²) < 4.78 is 5.96. The van der Waals surface area contributed by atoms with E-state index in [1.165, 1.54) is 0 Å². The SMILES string of the molecule is O=C1/C(=C\c2ccc(-c3ccc(Cl)c(Cl)c3)o2)C=C(c2ccccc2)N1c1cccc(O)c1. The number of rotatable bonds is 4. The number of anilines is 1. The summed E-state index contributed by atoms with van der Waals surface area (Å²) >= 11 is 12.1. The molecule has 5 rings (SSSR count). The molecule has 0 spiro atoms. The first-order valence-corrected chi connectivity index (χ1v) is 10.9. The zero-order valence-electron chi connectivity index (χ0n) is 17.2. The number of aromatic hydroxyl groups is 1. The smallest absolute Gasteiger partial charge is 0.263 e. The lowest BCUT2D eigenvalue weighted by Crippen LogP contribution is -2.24. The Bertz CT molecular complexity index is 1420. The maximum absolute atomic E-state index is 13.4. The van der Waals surface area contributed by atoms with Crippen molar-refractivity contribution in [1.82, 2.24) is 0 Å². The predicted octanol–water partition coefficient (Wildman–Crippen LogP) is 7.43. The highest BCUT2D eigenvalue weighted by atomic mass is 35.5. The number of amides is 1. The minimum atomic E-state index is -0.216. The normalized spacial score (nSPS) is 14.7. The van der Waals surface area contributed by atoms with Gasteiger partial charge in [-0.05, 0) is 60.2 Å². The third-order valence-electron chi connectivity index (χ3n) is 5.27. The van der Waals surface area contributed by atoms with E-state index in [2.05, 4.69) is 0 Å². The van der Waals surface area contributed by atoms with E-state index >= 15 is 0 Å². The molecule has 0 atom stereocenters. The lowest BCUT2D eigenvalue weighted by Gasteiger charge is -2.21. The van der Waals surface area contributed by atoms with Gasteiger partial charge in [0.15, 0.2) is 0 Å². The summed E-state index contributed by atoms with van der Waals surface area (Å²) in [5.74, 6) is 1.01. The van der Waals surface area contributed by atoms with Crippen LogP contribution in [0.4, 0.5) is 5.69 Å². The Labute approximate surface area is 200 Å². The summed E-state index contributed by atoms with van der Waals surface area (Å²) in [6, 6.07) is 25.1. The van der Waals surface area contributed by atoms with Crippen molar-refractivity contribution < 1.29 is 14.3 Å². The molecule has 1 aliphatic heterocycles. The van der Waals surface area contributed by atoms with Crippen molar-refractivity contribution in [3.05, 3.63) is 118 Å². The van der Waals surface area contributed by atoms with Crippen molar-refractivity contribution in [3.8, 4) is 17.1 Å². The largest absolute Gasteiger partial charge is 0.508 e. The first-order valence-electron chi connectivity index (χ1n) is 10.2. The minimum Gasteiger partial charge on any atom is -0.508 e. The number of carbonyl (C=O) groups excluding carboxylic acids is 1. The van der Waals surface area contributed by atoms with Crippen LogP contribution in [0.2, 0.25) is 10.0 Å². The van der Waals surface area contributed by atoms with Crippen LogP contribution in [-0.4, -0.2) is 11.0 Å². The average Bonchev–Trinajstić information content (AvgIpc) is 3.41. The van der Waals surface area contributed by atoms with E-state index in [9.17, 15) is 9.90 Å². The molecule has 1 aliphatic rings. The highest BCUT2D eigenvalue weighted by Crippen LogP contribution is 2.37. The van der Waals surface area contributed by atoms with E-state index in [0.29, 0.717) is 38.5 Å². The number of phenolic OH excluding ortho intramolecular Hbond substituents is 1. The molecule has 4 nitrogen and oxygen atoms in total. The van der Waals surface area contributed by atoms with Gasteiger partial charge in [0.05, 0.1) is 21.4 Å². The van der Waals surface area contributed by atoms with Gasteiger partial charge in [0, 0.05) is 17.2 Å². The number of benzene rings is 3. The molecule has 0 saturated heterocycles. The monoisotopic (exact) mass is 473 g/mol. The van der Waals surface area contributed by atoms with Crippen LogP contribution in [0.15, 0.2) is 101 Å². The highest BCUT2D eigenvalue weighted by molar-refractivity contribution is 6.42. The van der Waals surface area contributed by atoms with Crippen LogP contribution in [0.25, 0.3) is 23.1 Å². The third-order valence-corrected chi connectivity index (χ3v) is 6.01. The van der Waals surface area contributed by atoms with E-state index in [-0.39, 0.29) is 11.7 Å². The van der Waals surface area contributed by atoms with Crippen LogP contribution in [0.1, 0.15) is 11.3 Å². The van der Waals surface area contributed by atoms with Crippen molar-refractivity contribution in [2.75, 3.05) is 4.90 Å². The fraction of sp³-hybridized carbons (Fsp3) is 0. The molecule has 0 fully saturated rings. The van der Waals surface area contributed by atoms with Gasteiger partial charge in [-0.15, -0.1) is 0 Å². The fourth-order valence-corrected chi connectivity index (χ4v) is 4.01. The lowest BCUT2D eigenvalue weighted by atomic mass is 10.1. The second-order valence-corrected chi connectivity index (χ2v) is 8.30. The van der Waals surface area contributed by atoms with E-state index < -0.39 is 0 Å². The second-order valence-electron chi connectivity index (χ2n) is 7.49. The molecule has 1 N–H and O–H groups in total. The number of hydrogen-bond donors (Lipinski definition) is 1. The van der Waals surface area contributed by atoms with Gasteiger partial charge < -0.3 is 9.52 Å². The molecule has 0 aliphatic carbocycles. The van der Waals surface area contributed by atoms with Gasteiger partial charge in [-0.1, -0.05) is 59.6 Å². The zero-order chi connectivity index (χ0) is 22.9. The second kappa shape index (κ2) is 8.66. The molecule has 6 heteroatoms. The summed E-state index contributed by atoms with van der Waals surface area (Å²) in [5, 5.41) is 10.9. The van der Waals surface area contributed by atoms with Crippen molar-refractivity contribution >= 4 is 46.6 Å². The number of hydrogen-bond acceptors (Lipinski definition) is 3. The maximum Gasteiger partial charge on any atom is 0.263 e. The van der Waals surface area contributed by atoms with Crippen molar-refractivity contribution in [2.24, 2.45) is 0 Å². The van der Waals surface area contributed by atoms with Crippen molar-refractivity contribution in [3.63, 3.8) is 0 Å². The molecule has 2 heterocycles. The van der Waals surface area contributed by atoms with E-state index in [1.807, 2.05) is 48.5 Å². The fourth-order valence-electron chi connectivity index (χ4n) is 3.71. The number of phenols is 1. The maximum atomic E-state index is 13.4. The van der Waals surface area contributed by atoms with Crippen molar-refractivity contribution in [2.45, 2.75) is 0 Å².